The highest BCUT2D eigenvalue weighted by atomic mass is 16.5. The minimum absolute atomic E-state index is 0.00509. The zero-order chi connectivity index (χ0) is 15.7. The first-order valence-corrected chi connectivity index (χ1v) is 7.44. The molecule has 2 fully saturated rings. The van der Waals surface area contributed by atoms with Crippen molar-refractivity contribution in [2.45, 2.75) is 38.4 Å². The van der Waals surface area contributed by atoms with Crippen molar-refractivity contribution in [3.63, 3.8) is 0 Å². The number of carboxylic acid groups (broad SMARTS) is 1. The summed E-state index contributed by atoms with van der Waals surface area (Å²) >= 11 is 0. The van der Waals surface area contributed by atoms with Crippen LogP contribution < -0.4 is 10.1 Å². The van der Waals surface area contributed by atoms with Crippen LogP contribution in [-0.4, -0.2) is 35.8 Å². The molecule has 1 aromatic rings. The van der Waals surface area contributed by atoms with Crippen LogP contribution in [0.15, 0.2) is 18.2 Å². The minimum atomic E-state index is -1.02. The standard InChI is InChI=1S/C16H19NO5/c1-9-6-10(21-8-15(18)19)2-4-13(9)17-16(20)12-7-11-3-5-14(12)22-11/h2,4,6,11-12,14H,3,5,7-8H2,1H3,(H,17,20)(H,18,19). The molecular weight excluding hydrogens is 286 g/mol. The Bertz CT molecular complexity index is 600. The van der Waals surface area contributed by atoms with E-state index in [1.165, 1.54) is 0 Å². The number of hydrogen-bond donors (Lipinski definition) is 2. The van der Waals surface area contributed by atoms with Gasteiger partial charge in [0.15, 0.2) is 6.61 Å². The van der Waals surface area contributed by atoms with Crippen LogP contribution in [0.1, 0.15) is 24.8 Å². The predicted molar refractivity (Wildman–Crippen MR) is 78.9 cm³/mol. The van der Waals surface area contributed by atoms with E-state index >= 15 is 0 Å². The third kappa shape index (κ3) is 3.06. The van der Waals surface area contributed by atoms with Gasteiger partial charge in [-0.1, -0.05) is 0 Å². The monoisotopic (exact) mass is 305 g/mol. The van der Waals surface area contributed by atoms with Crippen LogP contribution in [0.4, 0.5) is 5.69 Å². The molecule has 2 aliphatic heterocycles. The molecule has 0 aliphatic carbocycles. The van der Waals surface area contributed by atoms with Crippen LogP contribution >= 0.6 is 0 Å². The number of benzene rings is 1. The molecule has 6 heteroatoms. The van der Waals surface area contributed by atoms with E-state index in [1.54, 1.807) is 18.2 Å². The molecule has 0 saturated carbocycles. The molecule has 0 aromatic heterocycles. The van der Waals surface area contributed by atoms with Crippen molar-refractivity contribution in [2.24, 2.45) is 5.92 Å². The second kappa shape index (κ2) is 5.96. The van der Waals surface area contributed by atoms with E-state index in [1.807, 2.05) is 6.92 Å². The van der Waals surface area contributed by atoms with E-state index in [-0.39, 0.29) is 30.6 Å². The van der Waals surface area contributed by atoms with Gasteiger partial charge in [-0.15, -0.1) is 0 Å². The number of aliphatic carboxylic acids is 1. The van der Waals surface area contributed by atoms with Crippen molar-refractivity contribution < 1.29 is 24.2 Å². The Morgan fingerprint density at radius 2 is 2.23 bits per heavy atom. The highest BCUT2D eigenvalue weighted by Gasteiger charge is 2.44. The van der Waals surface area contributed by atoms with Gasteiger partial charge in [-0.2, -0.15) is 0 Å². The number of anilines is 1. The summed E-state index contributed by atoms with van der Waals surface area (Å²) in [4.78, 5) is 22.8. The Labute approximate surface area is 128 Å². The summed E-state index contributed by atoms with van der Waals surface area (Å²) in [6, 6.07) is 5.11. The van der Waals surface area contributed by atoms with Gasteiger partial charge in [0.1, 0.15) is 5.75 Å². The molecule has 1 aromatic carbocycles. The molecular formula is C16H19NO5. The average molecular weight is 305 g/mol. The van der Waals surface area contributed by atoms with E-state index in [4.69, 9.17) is 14.6 Å². The number of ether oxygens (including phenoxy) is 2. The van der Waals surface area contributed by atoms with Gasteiger partial charge in [0.2, 0.25) is 5.91 Å². The first kappa shape index (κ1) is 14.8. The number of carboxylic acids is 1. The summed E-state index contributed by atoms with van der Waals surface area (Å²) in [5.41, 5.74) is 1.55. The first-order chi connectivity index (χ1) is 10.5. The van der Waals surface area contributed by atoms with Gasteiger partial charge in [-0.25, -0.2) is 4.79 Å². The number of carbonyl (C=O) groups excluding carboxylic acids is 1. The summed E-state index contributed by atoms with van der Waals surface area (Å²) in [5.74, 6) is -0.622. The van der Waals surface area contributed by atoms with Crippen LogP contribution in [0, 0.1) is 12.8 Å². The van der Waals surface area contributed by atoms with Crippen molar-refractivity contribution in [1.82, 2.24) is 0 Å². The maximum Gasteiger partial charge on any atom is 0.341 e. The number of fused-ring (bicyclic) bond motifs is 2. The lowest BCUT2D eigenvalue weighted by Gasteiger charge is -2.19. The van der Waals surface area contributed by atoms with Crippen molar-refractivity contribution >= 4 is 17.6 Å². The lowest BCUT2D eigenvalue weighted by molar-refractivity contribution is -0.139. The Hall–Kier alpha value is -2.08. The van der Waals surface area contributed by atoms with Crippen LogP contribution in [0.2, 0.25) is 0 Å². The number of rotatable bonds is 5. The molecule has 0 spiro atoms. The fourth-order valence-electron chi connectivity index (χ4n) is 3.15. The van der Waals surface area contributed by atoms with Gasteiger partial charge in [-0.3, -0.25) is 4.79 Å². The van der Waals surface area contributed by atoms with Gasteiger partial charge >= 0.3 is 5.97 Å². The summed E-state index contributed by atoms with van der Waals surface area (Å²) in [5, 5.41) is 11.5. The molecule has 3 rings (SSSR count). The summed E-state index contributed by atoms with van der Waals surface area (Å²) in [7, 11) is 0. The highest BCUT2D eigenvalue weighted by molar-refractivity contribution is 5.94. The highest BCUT2D eigenvalue weighted by Crippen LogP contribution is 2.39. The predicted octanol–water partition coefficient (Wildman–Crippen LogP) is 1.96. The van der Waals surface area contributed by atoms with Gasteiger partial charge < -0.3 is 19.9 Å². The van der Waals surface area contributed by atoms with Crippen LogP contribution in [0.5, 0.6) is 5.75 Å². The Kier molecular flexibility index (Phi) is 4.02. The minimum Gasteiger partial charge on any atom is -0.482 e. The lowest BCUT2D eigenvalue weighted by atomic mass is 9.88. The zero-order valence-corrected chi connectivity index (χ0v) is 12.4. The smallest absolute Gasteiger partial charge is 0.341 e. The fraction of sp³-hybridized carbons (Fsp3) is 0.500. The second-order valence-electron chi connectivity index (χ2n) is 5.86. The molecule has 2 saturated heterocycles. The molecule has 22 heavy (non-hydrogen) atoms. The number of carbonyl (C=O) groups is 2. The van der Waals surface area contributed by atoms with Crippen molar-refractivity contribution in [3.8, 4) is 5.75 Å². The number of amides is 1. The maximum absolute atomic E-state index is 12.4. The Morgan fingerprint density at radius 3 is 2.82 bits per heavy atom. The van der Waals surface area contributed by atoms with Gasteiger partial charge in [-0.05, 0) is 49.9 Å². The topological polar surface area (TPSA) is 84.9 Å². The van der Waals surface area contributed by atoms with Crippen molar-refractivity contribution in [2.75, 3.05) is 11.9 Å². The van der Waals surface area contributed by atoms with E-state index < -0.39 is 5.97 Å². The van der Waals surface area contributed by atoms with Crippen molar-refractivity contribution in [3.05, 3.63) is 23.8 Å². The normalized spacial score (nSPS) is 26.0. The van der Waals surface area contributed by atoms with Gasteiger partial charge in [0.25, 0.3) is 0 Å². The zero-order valence-electron chi connectivity index (χ0n) is 12.4. The molecule has 6 nitrogen and oxygen atoms in total. The molecule has 3 unspecified atom stereocenters. The summed E-state index contributed by atoms with van der Waals surface area (Å²) in [6.45, 7) is 1.47. The number of aryl methyl sites for hydroxylation is 1. The Balaban J connectivity index is 1.62. The molecule has 2 aliphatic rings. The first-order valence-electron chi connectivity index (χ1n) is 7.44. The van der Waals surface area contributed by atoms with Crippen LogP contribution in [-0.2, 0) is 14.3 Å². The van der Waals surface area contributed by atoms with Crippen LogP contribution in [0.3, 0.4) is 0 Å². The van der Waals surface area contributed by atoms with E-state index in [9.17, 15) is 9.59 Å². The SMILES string of the molecule is Cc1cc(OCC(=O)O)ccc1NC(=O)C1CC2CCC1O2. The van der Waals surface area contributed by atoms with E-state index in [2.05, 4.69) is 5.32 Å². The molecule has 3 atom stereocenters. The maximum atomic E-state index is 12.4. The summed E-state index contributed by atoms with van der Waals surface area (Å²) < 4.78 is 10.8. The fourth-order valence-corrected chi connectivity index (χ4v) is 3.15. The van der Waals surface area contributed by atoms with E-state index in [0.717, 1.165) is 30.5 Å². The average Bonchev–Trinajstić information content (AvgIpc) is 3.10. The third-order valence-corrected chi connectivity index (χ3v) is 4.26. The quantitative estimate of drug-likeness (QED) is 0.868. The van der Waals surface area contributed by atoms with Crippen LogP contribution in [0.25, 0.3) is 0 Å². The Morgan fingerprint density at radius 1 is 1.41 bits per heavy atom. The number of hydrogen-bond acceptors (Lipinski definition) is 4. The largest absolute Gasteiger partial charge is 0.482 e. The number of nitrogens with one attached hydrogen (secondary N) is 1. The lowest BCUT2D eigenvalue weighted by Crippen LogP contribution is -2.30. The molecule has 2 N–H and O–H groups in total. The molecule has 1 amide bonds. The summed E-state index contributed by atoms with van der Waals surface area (Å²) in [6.07, 6.45) is 3.12. The van der Waals surface area contributed by atoms with Gasteiger partial charge in [0, 0.05) is 5.69 Å². The van der Waals surface area contributed by atoms with Crippen molar-refractivity contribution in [1.29, 1.82) is 0 Å². The van der Waals surface area contributed by atoms with Gasteiger partial charge in [0.05, 0.1) is 18.1 Å². The second-order valence-corrected chi connectivity index (χ2v) is 5.86. The molecule has 118 valence electrons. The molecule has 2 bridgehead atoms. The van der Waals surface area contributed by atoms with E-state index in [0.29, 0.717) is 5.75 Å². The third-order valence-electron chi connectivity index (χ3n) is 4.26. The molecule has 0 radical (unpaired) electrons. The molecule has 2 heterocycles.